The largest absolute Gasteiger partial charge is 0.373 e. The van der Waals surface area contributed by atoms with Gasteiger partial charge in [-0.3, -0.25) is 4.79 Å². The van der Waals surface area contributed by atoms with Crippen LogP contribution in [0.5, 0.6) is 0 Å². The van der Waals surface area contributed by atoms with Crippen molar-refractivity contribution < 1.29 is 9.53 Å². The average molecular weight is 197 g/mol. The van der Waals surface area contributed by atoms with Crippen LogP contribution >= 0.6 is 11.6 Å². The fraction of sp³-hybridized carbons (Fsp3) is 0.300. The van der Waals surface area contributed by atoms with Gasteiger partial charge in [0.15, 0.2) is 5.78 Å². The molecule has 0 saturated carbocycles. The molecule has 3 heteroatoms. The molecular formula is C10H9ClO2. The number of Topliss-reactive ketones (excluding diaryl/α,β-unsaturated/α-hetero) is 1. The molecule has 0 radical (unpaired) electrons. The number of carbonyl (C=O) groups excluding carboxylic acids is 1. The highest BCUT2D eigenvalue weighted by atomic mass is 35.5. The molecule has 13 heavy (non-hydrogen) atoms. The van der Waals surface area contributed by atoms with Gasteiger partial charge in [-0.2, -0.15) is 0 Å². The number of hydrogen-bond acceptors (Lipinski definition) is 2. The van der Waals surface area contributed by atoms with Crippen LogP contribution in [0, 0.1) is 0 Å². The van der Waals surface area contributed by atoms with E-state index >= 15 is 0 Å². The highest BCUT2D eigenvalue weighted by Crippen LogP contribution is 2.19. The van der Waals surface area contributed by atoms with Crippen LogP contribution in [0.2, 0.25) is 5.02 Å². The minimum absolute atomic E-state index is 0.0231. The van der Waals surface area contributed by atoms with Crippen LogP contribution in [0.1, 0.15) is 15.9 Å². The van der Waals surface area contributed by atoms with E-state index in [9.17, 15) is 4.79 Å². The van der Waals surface area contributed by atoms with Crippen molar-refractivity contribution in [2.75, 3.05) is 13.2 Å². The molecule has 1 aliphatic heterocycles. The van der Waals surface area contributed by atoms with E-state index < -0.39 is 0 Å². The summed E-state index contributed by atoms with van der Waals surface area (Å²) < 4.78 is 5.14. The zero-order valence-corrected chi connectivity index (χ0v) is 7.80. The van der Waals surface area contributed by atoms with Gasteiger partial charge in [0.2, 0.25) is 0 Å². The van der Waals surface area contributed by atoms with Crippen LogP contribution in [0.4, 0.5) is 0 Å². The standard InChI is InChI=1S/C10H9ClO2/c11-8-2-1-7-3-4-13-6-10(12)9(7)5-8/h1-2,5H,3-4,6H2. The molecule has 68 valence electrons. The number of halogens is 1. The van der Waals surface area contributed by atoms with Crippen molar-refractivity contribution in [1.82, 2.24) is 0 Å². The van der Waals surface area contributed by atoms with Gasteiger partial charge in [-0.1, -0.05) is 17.7 Å². The van der Waals surface area contributed by atoms with Crippen molar-refractivity contribution in [2.24, 2.45) is 0 Å². The Kier molecular flexibility index (Phi) is 2.34. The van der Waals surface area contributed by atoms with E-state index in [0.717, 1.165) is 12.0 Å². The molecule has 0 unspecified atom stereocenters. The fourth-order valence-corrected chi connectivity index (χ4v) is 1.62. The van der Waals surface area contributed by atoms with Gasteiger partial charge in [-0.15, -0.1) is 0 Å². The van der Waals surface area contributed by atoms with Crippen LogP contribution in [0.25, 0.3) is 0 Å². The topological polar surface area (TPSA) is 26.3 Å². The van der Waals surface area contributed by atoms with Gasteiger partial charge >= 0.3 is 0 Å². The zero-order valence-electron chi connectivity index (χ0n) is 7.05. The molecule has 0 atom stereocenters. The third kappa shape index (κ3) is 1.74. The molecule has 0 aliphatic carbocycles. The molecular weight excluding hydrogens is 188 g/mol. The summed E-state index contributed by atoms with van der Waals surface area (Å²) in [6, 6.07) is 5.41. The van der Waals surface area contributed by atoms with E-state index in [1.54, 1.807) is 12.1 Å². The lowest BCUT2D eigenvalue weighted by Crippen LogP contribution is -2.06. The number of ketones is 1. The summed E-state index contributed by atoms with van der Waals surface area (Å²) >= 11 is 5.80. The minimum atomic E-state index is 0.0231. The van der Waals surface area contributed by atoms with Crippen molar-refractivity contribution in [1.29, 1.82) is 0 Å². The quantitative estimate of drug-likeness (QED) is 0.635. The van der Waals surface area contributed by atoms with Gasteiger partial charge in [-0.25, -0.2) is 0 Å². The number of hydrogen-bond donors (Lipinski definition) is 0. The molecule has 1 aromatic carbocycles. The molecule has 0 fully saturated rings. The Morgan fingerprint density at radius 2 is 2.23 bits per heavy atom. The first-order valence-electron chi connectivity index (χ1n) is 4.17. The van der Waals surface area contributed by atoms with E-state index in [1.807, 2.05) is 6.07 Å². The summed E-state index contributed by atoms with van der Waals surface area (Å²) in [6.07, 6.45) is 0.790. The van der Waals surface area contributed by atoms with E-state index in [2.05, 4.69) is 0 Å². The summed E-state index contributed by atoms with van der Waals surface area (Å²) in [5.41, 5.74) is 1.75. The van der Waals surface area contributed by atoms with Gasteiger partial charge in [0, 0.05) is 10.6 Å². The van der Waals surface area contributed by atoms with Crippen LogP contribution in [-0.4, -0.2) is 19.0 Å². The number of rotatable bonds is 0. The Labute approximate surface area is 81.5 Å². The Balaban J connectivity index is 2.49. The smallest absolute Gasteiger partial charge is 0.188 e. The van der Waals surface area contributed by atoms with Gasteiger partial charge in [0.25, 0.3) is 0 Å². The lowest BCUT2D eigenvalue weighted by atomic mass is 10.0. The van der Waals surface area contributed by atoms with Gasteiger partial charge in [0.1, 0.15) is 6.61 Å². The SMILES string of the molecule is O=C1COCCc2ccc(Cl)cc21. The highest BCUT2D eigenvalue weighted by molar-refractivity contribution is 6.31. The molecule has 2 nitrogen and oxygen atoms in total. The number of carbonyl (C=O) groups is 1. The summed E-state index contributed by atoms with van der Waals surface area (Å²) in [6.45, 7) is 0.785. The first-order valence-corrected chi connectivity index (χ1v) is 4.54. The fourth-order valence-electron chi connectivity index (χ4n) is 1.45. The van der Waals surface area contributed by atoms with Crippen molar-refractivity contribution >= 4 is 17.4 Å². The summed E-state index contributed by atoms with van der Waals surface area (Å²) in [7, 11) is 0. The molecule has 0 aromatic heterocycles. The van der Waals surface area contributed by atoms with Crippen LogP contribution in [0.3, 0.4) is 0 Å². The predicted molar refractivity (Wildman–Crippen MR) is 50.3 cm³/mol. The van der Waals surface area contributed by atoms with Crippen molar-refractivity contribution in [3.05, 3.63) is 34.3 Å². The van der Waals surface area contributed by atoms with Crippen LogP contribution in [-0.2, 0) is 11.2 Å². The lowest BCUT2D eigenvalue weighted by molar-refractivity contribution is 0.0788. The van der Waals surface area contributed by atoms with Crippen LogP contribution in [0.15, 0.2) is 18.2 Å². The number of benzene rings is 1. The van der Waals surface area contributed by atoms with Gasteiger partial charge in [-0.05, 0) is 24.1 Å². The zero-order chi connectivity index (χ0) is 9.26. The molecule has 1 aromatic rings. The Morgan fingerprint density at radius 3 is 3.08 bits per heavy atom. The number of ether oxygens (including phenoxy) is 1. The molecule has 0 saturated heterocycles. The Bertz CT molecular complexity index is 347. The maximum atomic E-state index is 11.5. The van der Waals surface area contributed by atoms with E-state index in [4.69, 9.17) is 16.3 Å². The first kappa shape index (κ1) is 8.73. The van der Waals surface area contributed by atoms with E-state index in [-0.39, 0.29) is 12.4 Å². The highest BCUT2D eigenvalue weighted by Gasteiger charge is 2.15. The monoisotopic (exact) mass is 196 g/mol. The number of fused-ring (bicyclic) bond motifs is 1. The molecule has 1 heterocycles. The van der Waals surface area contributed by atoms with Gasteiger partial charge in [0.05, 0.1) is 6.61 Å². The second-order valence-corrected chi connectivity index (χ2v) is 3.46. The third-order valence-corrected chi connectivity index (χ3v) is 2.36. The lowest BCUT2D eigenvalue weighted by Gasteiger charge is -2.02. The van der Waals surface area contributed by atoms with Crippen molar-refractivity contribution in [3.8, 4) is 0 Å². The predicted octanol–water partition coefficient (Wildman–Crippen LogP) is 2.10. The van der Waals surface area contributed by atoms with Crippen LogP contribution < -0.4 is 0 Å². The first-order chi connectivity index (χ1) is 6.27. The maximum absolute atomic E-state index is 11.5. The molecule has 0 bridgehead atoms. The second kappa shape index (κ2) is 3.48. The van der Waals surface area contributed by atoms with Gasteiger partial charge < -0.3 is 4.74 Å². The molecule has 1 aliphatic rings. The average Bonchev–Trinajstić information content (AvgIpc) is 2.29. The molecule has 0 amide bonds. The summed E-state index contributed by atoms with van der Waals surface area (Å²) in [4.78, 5) is 11.5. The molecule has 0 spiro atoms. The maximum Gasteiger partial charge on any atom is 0.188 e. The second-order valence-electron chi connectivity index (χ2n) is 3.03. The minimum Gasteiger partial charge on any atom is -0.373 e. The van der Waals surface area contributed by atoms with Crippen molar-refractivity contribution in [3.63, 3.8) is 0 Å². The third-order valence-electron chi connectivity index (χ3n) is 2.12. The van der Waals surface area contributed by atoms with Crippen molar-refractivity contribution in [2.45, 2.75) is 6.42 Å². The van der Waals surface area contributed by atoms with E-state index in [0.29, 0.717) is 17.2 Å². The normalized spacial score (nSPS) is 16.5. The molecule has 0 N–H and O–H groups in total. The molecule has 2 rings (SSSR count). The summed E-state index contributed by atoms with van der Waals surface area (Å²) in [5, 5.41) is 0.606. The summed E-state index contributed by atoms with van der Waals surface area (Å²) in [5.74, 6) is 0.0231. The Hall–Kier alpha value is -0.860. The van der Waals surface area contributed by atoms with E-state index in [1.165, 1.54) is 0 Å². The Morgan fingerprint density at radius 1 is 1.38 bits per heavy atom.